The monoisotopic (exact) mass is 522 g/mol. The zero-order valence-electron chi connectivity index (χ0n) is 22.5. The zero-order chi connectivity index (χ0) is 27.6. The van der Waals surface area contributed by atoms with Crippen molar-refractivity contribution in [2.45, 2.75) is 39.0 Å². The molecule has 200 valence electrons. The van der Waals surface area contributed by atoms with E-state index < -0.39 is 12.2 Å². The van der Waals surface area contributed by atoms with Crippen molar-refractivity contribution in [3.05, 3.63) is 109 Å². The maximum absolute atomic E-state index is 12.6. The van der Waals surface area contributed by atoms with E-state index in [1.807, 2.05) is 116 Å². The molecule has 0 aliphatic carbocycles. The van der Waals surface area contributed by atoms with Gasteiger partial charge in [0.05, 0.1) is 0 Å². The Bertz CT molecular complexity index is 1340. The van der Waals surface area contributed by atoms with Crippen LogP contribution in [-0.2, 0) is 9.59 Å². The summed E-state index contributed by atoms with van der Waals surface area (Å²) in [6.45, 7) is 5.49. The normalized spacial score (nSPS) is 13.0. The molecule has 0 heterocycles. The molecule has 0 saturated heterocycles. The molecule has 0 spiro atoms. The molecule has 0 unspecified atom stereocenters. The Morgan fingerprint density at radius 2 is 0.949 bits per heavy atom. The Hall–Kier alpha value is -4.58. The summed E-state index contributed by atoms with van der Waals surface area (Å²) < 4.78 is 11.6. The van der Waals surface area contributed by atoms with Crippen LogP contribution in [0, 0.1) is 0 Å². The summed E-state index contributed by atoms with van der Waals surface area (Å²) in [5, 5.41) is 5.72. The third-order valence-corrected chi connectivity index (χ3v) is 6.26. The van der Waals surface area contributed by atoms with E-state index in [0.29, 0.717) is 11.5 Å². The van der Waals surface area contributed by atoms with Gasteiger partial charge in [-0.1, -0.05) is 84.9 Å². The van der Waals surface area contributed by atoms with Crippen molar-refractivity contribution in [3.8, 4) is 33.8 Å². The molecule has 0 aromatic heterocycles. The van der Waals surface area contributed by atoms with Gasteiger partial charge in [0, 0.05) is 12.6 Å². The summed E-state index contributed by atoms with van der Waals surface area (Å²) in [6.07, 6.45) is -1.37. The molecule has 4 aromatic rings. The van der Waals surface area contributed by atoms with Gasteiger partial charge in [-0.2, -0.15) is 0 Å². The Labute approximate surface area is 230 Å². The SMILES string of the molecule is C[C@H](CNC(=O)[C@H](C)Oc1ccc(-c2ccccc2)cc1)NC(=O)[C@@H](C)Oc1ccc(-c2ccccc2)cc1. The molecule has 0 radical (unpaired) electrons. The molecule has 0 aliphatic heterocycles. The number of amides is 2. The lowest BCUT2D eigenvalue weighted by molar-refractivity contribution is -0.129. The summed E-state index contributed by atoms with van der Waals surface area (Å²) in [4.78, 5) is 25.2. The van der Waals surface area contributed by atoms with Gasteiger partial charge >= 0.3 is 0 Å². The third kappa shape index (κ3) is 7.95. The van der Waals surface area contributed by atoms with Crippen LogP contribution in [0.2, 0.25) is 0 Å². The first kappa shape index (κ1) is 27.5. The van der Waals surface area contributed by atoms with Gasteiger partial charge in [-0.25, -0.2) is 0 Å². The number of hydrogen-bond donors (Lipinski definition) is 2. The molecule has 2 N–H and O–H groups in total. The number of carbonyl (C=O) groups excluding carboxylic acids is 2. The van der Waals surface area contributed by atoms with E-state index in [2.05, 4.69) is 10.6 Å². The predicted octanol–water partition coefficient (Wildman–Crippen LogP) is 5.88. The lowest BCUT2D eigenvalue weighted by atomic mass is 10.1. The van der Waals surface area contributed by atoms with E-state index in [9.17, 15) is 9.59 Å². The maximum atomic E-state index is 12.6. The molecule has 0 saturated carbocycles. The summed E-state index contributed by atoms with van der Waals surface area (Å²) in [5.74, 6) is 0.709. The number of nitrogens with one attached hydrogen (secondary N) is 2. The molecule has 39 heavy (non-hydrogen) atoms. The lowest BCUT2D eigenvalue weighted by Crippen LogP contribution is -2.48. The van der Waals surface area contributed by atoms with Crippen LogP contribution in [-0.4, -0.2) is 36.6 Å². The minimum atomic E-state index is -0.688. The van der Waals surface area contributed by atoms with Gasteiger partial charge in [-0.15, -0.1) is 0 Å². The van der Waals surface area contributed by atoms with Gasteiger partial charge in [-0.3, -0.25) is 9.59 Å². The van der Waals surface area contributed by atoms with Gasteiger partial charge in [0.15, 0.2) is 12.2 Å². The highest BCUT2D eigenvalue weighted by molar-refractivity contribution is 5.82. The topological polar surface area (TPSA) is 76.7 Å². The molecule has 6 heteroatoms. The van der Waals surface area contributed by atoms with Crippen LogP contribution in [0.25, 0.3) is 22.3 Å². The Morgan fingerprint density at radius 3 is 1.38 bits per heavy atom. The molecule has 0 fully saturated rings. The quantitative estimate of drug-likeness (QED) is 0.258. The van der Waals surface area contributed by atoms with Gasteiger partial charge < -0.3 is 20.1 Å². The predicted molar refractivity (Wildman–Crippen MR) is 155 cm³/mol. The molecule has 3 atom stereocenters. The fraction of sp³-hybridized carbons (Fsp3) is 0.212. The molecule has 2 amide bonds. The van der Waals surface area contributed by atoms with Gasteiger partial charge in [0.1, 0.15) is 11.5 Å². The van der Waals surface area contributed by atoms with E-state index >= 15 is 0 Å². The van der Waals surface area contributed by atoms with E-state index in [1.165, 1.54) is 0 Å². The summed E-state index contributed by atoms with van der Waals surface area (Å²) >= 11 is 0. The van der Waals surface area contributed by atoms with Crippen LogP contribution in [0.4, 0.5) is 0 Å². The molecule has 0 bridgehead atoms. The van der Waals surface area contributed by atoms with Crippen molar-refractivity contribution in [1.29, 1.82) is 0 Å². The smallest absolute Gasteiger partial charge is 0.261 e. The second-order valence-electron chi connectivity index (χ2n) is 9.46. The van der Waals surface area contributed by atoms with Crippen LogP contribution >= 0.6 is 0 Å². The fourth-order valence-corrected chi connectivity index (χ4v) is 4.04. The fourth-order valence-electron chi connectivity index (χ4n) is 4.04. The molecular formula is C33H34N2O4. The molecule has 4 rings (SSSR count). The van der Waals surface area contributed by atoms with Crippen LogP contribution in [0.1, 0.15) is 20.8 Å². The highest BCUT2D eigenvalue weighted by atomic mass is 16.5. The number of rotatable bonds is 11. The number of ether oxygens (including phenoxy) is 2. The van der Waals surface area contributed by atoms with Crippen molar-refractivity contribution >= 4 is 11.8 Å². The molecule has 4 aromatic carbocycles. The van der Waals surface area contributed by atoms with Crippen molar-refractivity contribution in [1.82, 2.24) is 10.6 Å². The van der Waals surface area contributed by atoms with Gasteiger partial charge in [0.25, 0.3) is 11.8 Å². The molecule has 0 aliphatic rings. The Morgan fingerprint density at radius 1 is 0.564 bits per heavy atom. The lowest BCUT2D eigenvalue weighted by Gasteiger charge is -2.20. The van der Waals surface area contributed by atoms with Crippen molar-refractivity contribution in [3.63, 3.8) is 0 Å². The van der Waals surface area contributed by atoms with Gasteiger partial charge in [0.2, 0.25) is 0 Å². The number of carbonyl (C=O) groups is 2. The maximum Gasteiger partial charge on any atom is 0.261 e. The summed E-state index contributed by atoms with van der Waals surface area (Å²) in [6, 6.07) is 35.1. The van der Waals surface area contributed by atoms with Crippen LogP contribution < -0.4 is 20.1 Å². The summed E-state index contributed by atoms with van der Waals surface area (Å²) in [5.41, 5.74) is 4.39. The Kier molecular flexibility index (Phi) is 9.35. The van der Waals surface area contributed by atoms with E-state index in [0.717, 1.165) is 22.3 Å². The van der Waals surface area contributed by atoms with Crippen molar-refractivity contribution in [2.24, 2.45) is 0 Å². The largest absolute Gasteiger partial charge is 0.481 e. The van der Waals surface area contributed by atoms with Crippen LogP contribution in [0.5, 0.6) is 11.5 Å². The standard InChI is InChI=1S/C33H34N2O4/c1-23(35-33(37)25(3)39-31-20-16-29(17-21-31)27-12-8-5-9-13-27)22-34-32(36)24(2)38-30-18-14-28(15-19-30)26-10-6-4-7-11-26/h4-21,23-25H,22H2,1-3H3,(H,34,36)(H,35,37)/t23-,24+,25-/m1/s1. The first-order valence-corrected chi connectivity index (χ1v) is 13.1. The average Bonchev–Trinajstić information content (AvgIpc) is 2.97. The Balaban J connectivity index is 1.19. The summed E-state index contributed by atoms with van der Waals surface area (Å²) in [7, 11) is 0. The highest BCUT2D eigenvalue weighted by Gasteiger charge is 2.19. The van der Waals surface area contributed by atoms with Crippen LogP contribution in [0.15, 0.2) is 109 Å². The first-order valence-electron chi connectivity index (χ1n) is 13.1. The second kappa shape index (κ2) is 13.3. The second-order valence-corrected chi connectivity index (χ2v) is 9.46. The molecule has 6 nitrogen and oxygen atoms in total. The number of benzene rings is 4. The zero-order valence-corrected chi connectivity index (χ0v) is 22.5. The van der Waals surface area contributed by atoms with Crippen molar-refractivity contribution < 1.29 is 19.1 Å². The molecular weight excluding hydrogens is 488 g/mol. The third-order valence-electron chi connectivity index (χ3n) is 6.26. The minimum absolute atomic E-state index is 0.258. The van der Waals surface area contributed by atoms with Gasteiger partial charge in [-0.05, 0) is 67.3 Å². The highest BCUT2D eigenvalue weighted by Crippen LogP contribution is 2.24. The van der Waals surface area contributed by atoms with E-state index in [4.69, 9.17) is 9.47 Å². The average molecular weight is 523 g/mol. The van der Waals surface area contributed by atoms with Crippen molar-refractivity contribution in [2.75, 3.05) is 6.54 Å². The van der Waals surface area contributed by atoms with E-state index in [-0.39, 0.29) is 24.4 Å². The minimum Gasteiger partial charge on any atom is -0.481 e. The van der Waals surface area contributed by atoms with Crippen LogP contribution in [0.3, 0.4) is 0 Å². The van der Waals surface area contributed by atoms with E-state index in [1.54, 1.807) is 13.8 Å². The number of hydrogen-bond acceptors (Lipinski definition) is 4. The first-order chi connectivity index (χ1) is 18.9.